The first-order valence-electron chi connectivity index (χ1n) is 6.56. The van der Waals surface area contributed by atoms with E-state index in [1.807, 2.05) is 0 Å². The summed E-state index contributed by atoms with van der Waals surface area (Å²) >= 11 is 0. The molecule has 0 aliphatic carbocycles. The predicted molar refractivity (Wildman–Crippen MR) is 79.6 cm³/mol. The average Bonchev–Trinajstić information content (AvgIpc) is 2.33. The van der Waals surface area contributed by atoms with E-state index in [9.17, 15) is 0 Å². The predicted octanol–water partition coefficient (Wildman–Crippen LogP) is 3.37. The van der Waals surface area contributed by atoms with Crippen molar-refractivity contribution in [2.75, 3.05) is 11.1 Å². The van der Waals surface area contributed by atoms with Crippen molar-refractivity contribution in [3.8, 4) is 0 Å². The minimum absolute atomic E-state index is 0.506. The highest BCUT2D eigenvalue weighted by Gasteiger charge is 2.04. The van der Waals surface area contributed by atoms with Crippen LogP contribution in [0.2, 0.25) is 0 Å². The van der Waals surface area contributed by atoms with Gasteiger partial charge < -0.3 is 11.1 Å². The largest absolute Gasteiger partial charge is 0.384 e. The van der Waals surface area contributed by atoms with Gasteiger partial charge in [0, 0.05) is 18.2 Å². The third-order valence-corrected chi connectivity index (χ3v) is 2.92. The van der Waals surface area contributed by atoms with Gasteiger partial charge in [0.25, 0.3) is 0 Å². The van der Waals surface area contributed by atoms with Crippen molar-refractivity contribution in [1.29, 1.82) is 0 Å². The summed E-state index contributed by atoms with van der Waals surface area (Å²) in [6, 6.07) is 8.06. The van der Waals surface area contributed by atoms with E-state index in [1.54, 1.807) is 6.07 Å². The number of aromatic nitrogens is 2. The SMILES string of the molecule is CCCc1nc(N)cc(Nc2cc(C)ccc2C)n1. The maximum Gasteiger partial charge on any atom is 0.136 e. The minimum atomic E-state index is 0.506. The van der Waals surface area contributed by atoms with Gasteiger partial charge in [-0.15, -0.1) is 0 Å². The van der Waals surface area contributed by atoms with Gasteiger partial charge in [0.15, 0.2) is 0 Å². The normalized spacial score (nSPS) is 10.5. The molecule has 4 heteroatoms. The van der Waals surface area contributed by atoms with Crippen LogP contribution in [0.4, 0.5) is 17.3 Å². The smallest absolute Gasteiger partial charge is 0.136 e. The quantitative estimate of drug-likeness (QED) is 0.880. The lowest BCUT2D eigenvalue weighted by Crippen LogP contribution is -2.04. The van der Waals surface area contributed by atoms with Crippen LogP contribution in [-0.2, 0) is 6.42 Å². The van der Waals surface area contributed by atoms with E-state index in [2.05, 4.69) is 54.3 Å². The zero-order valence-corrected chi connectivity index (χ0v) is 11.7. The fraction of sp³-hybridized carbons (Fsp3) is 0.333. The summed E-state index contributed by atoms with van der Waals surface area (Å²) in [5.41, 5.74) is 9.27. The van der Waals surface area contributed by atoms with E-state index in [4.69, 9.17) is 5.73 Å². The van der Waals surface area contributed by atoms with Crippen molar-refractivity contribution < 1.29 is 0 Å². The Morgan fingerprint density at radius 3 is 2.68 bits per heavy atom. The molecule has 0 aliphatic rings. The number of hydrogen-bond acceptors (Lipinski definition) is 4. The van der Waals surface area contributed by atoms with Gasteiger partial charge in [-0.25, -0.2) is 9.97 Å². The summed E-state index contributed by atoms with van der Waals surface area (Å²) in [5.74, 6) is 2.05. The molecule has 3 N–H and O–H groups in total. The molecule has 0 aliphatic heterocycles. The number of nitrogens with one attached hydrogen (secondary N) is 1. The molecular weight excluding hydrogens is 236 g/mol. The molecule has 0 amide bonds. The third-order valence-electron chi connectivity index (χ3n) is 2.92. The second-order valence-corrected chi connectivity index (χ2v) is 4.79. The molecule has 0 saturated heterocycles. The molecule has 0 atom stereocenters. The van der Waals surface area contributed by atoms with Crippen LogP contribution < -0.4 is 11.1 Å². The lowest BCUT2D eigenvalue weighted by atomic mass is 10.1. The van der Waals surface area contributed by atoms with E-state index >= 15 is 0 Å². The average molecular weight is 256 g/mol. The number of nitrogens with two attached hydrogens (primary N) is 1. The van der Waals surface area contributed by atoms with Crippen molar-refractivity contribution in [2.45, 2.75) is 33.6 Å². The first-order valence-corrected chi connectivity index (χ1v) is 6.56. The minimum Gasteiger partial charge on any atom is -0.384 e. The molecule has 1 aromatic heterocycles. The van der Waals surface area contributed by atoms with Crippen LogP contribution in [0.5, 0.6) is 0 Å². The first-order chi connectivity index (χ1) is 9.08. The van der Waals surface area contributed by atoms with Gasteiger partial charge in [-0.3, -0.25) is 0 Å². The van der Waals surface area contributed by atoms with Gasteiger partial charge in [0.05, 0.1) is 0 Å². The molecule has 100 valence electrons. The van der Waals surface area contributed by atoms with E-state index in [0.717, 1.165) is 30.2 Å². The van der Waals surface area contributed by atoms with Gasteiger partial charge in [0.1, 0.15) is 17.5 Å². The van der Waals surface area contributed by atoms with Gasteiger partial charge in [-0.1, -0.05) is 19.1 Å². The molecular formula is C15H20N4. The highest BCUT2D eigenvalue weighted by molar-refractivity contribution is 5.62. The van der Waals surface area contributed by atoms with Crippen molar-refractivity contribution in [1.82, 2.24) is 9.97 Å². The molecule has 4 nitrogen and oxygen atoms in total. The molecule has 1 aromatic carbocycles. The van der Waals surface area contributed by atoms with Crippen molar-refractivity contribution >= 4 is 17.3 Å². The summed E-state index contributed by atoms with van der Waals surface area (Å²) in [6.07, 6.45) is 1.85. The number of anilines is 3. The number of nitrogens with zero attached hydrogens (tertiary/aromatic N) is 2. The Kier molecular flexibility index (Phi) is 4.00. The zero-order valence-electron chi connectivity index (χ0n) is 11.7. The van der Waals surface area contributed by atoms with Crippen molar-refractivity contribution in [3.05, 3.63) is 41.2 Å². The Bertz CT molecular complexity index is 578. The Hall–Kier alpha value is -2.10. The Morgan fingerprint density at radius 2 is 1.95 bits per heavy atom. The van der Waals surface area contributed by atoms with Crippen LogP contribution in [0.15, 0.2) is 24.3 Å². The Labute approximate surface area is 114 Å². The molecule has 2 rings (SSSR count). The molecule has 0 unspecified atom stereocenters. The number of rotatable bonds is 4. The van der Waals surface area contributed by atoms with E-state index in [1.165, 1.54) is 11.1 Å². The summed E-state index contributed by atoms with van der Waals surface area (Å²) in [5, 5.41) is 3.32. The fourth-order valence-corrected chi connectivity index (χ4v) is 1.93. The van der Waals surface area contributed by atoms with Crippen LogP contribution in [0, 0.1) is 13.8 Å². The van der Waals surface area contributed by atoms with Crippen molar-refractivity contribution in [3.63, 3.8) is 0 Å². The number of hydrogen-bond donors (Lipinski definition) is 2. The zero-order chi connectivity index (χ0) is 13.8. The number of benzene rings is 1. The van der Waals surface area contributed by atoms with Crippen LogP contribution in [0.25, 0.3) is 0 Å². The maximum absolute atomic E-state index is 5.82. The van der Waals surface area contributed by atoms with Crippen molar-refractivity contribution in [2.24, 2.45) is 0 Å². The summed E-state index contributed by atoms with van der Waals surface area (Å²) < 4.78 is 0. The second kappa shape index (κ2) is 5.69. The van der Waals surface area contributed by atoms with Gasteiger partial charge in [0.2, 0.25) is 0 Å². The van der Waals surface area contributed by atoms with Crippen LogP contribution in [-0.4, -0.2) is 9.97 Å². The van der Waals surface area contributed by atoms with E-state index in [0.29, 0.717) is 5.82 Å². The molecule has 0 spiro atoms. The van der Waals surface area contributed by atoms with Gasteiger partial charge >= 0.3 is 0 Å². The van der Waals surface area contributed by atoms with E-state index in [-0.39, 0.29) is 0 Å². The van der Waals surface area contributed by atoms with Gasteiger partial charge in [-0.05, 0) is 37.5 Å². The Balaban J connectivity index is 2.29. The molecule has 0 saturated carbocycles. The maximum atomic E-state index is 5.82. The monoisotopic (exact) mass is 256 g/mol. The number of aryl methyl sites for hydroxylation is 3. The molecule has 0 radical (unpaired) electrons. The van der Waals surface area contributed by atoms with E-state index < -0.39 is 0 Å². The third kappa shape index (κ3) is 3.44. The molecule has 2 aromatic rings. The summed E-state index contributed by atoms with van der Waals surface area (Å²) in [4.78, 5) is 8.72. The molecule has 0 fully saturated rings. The lowest BCUT2D eigenvalue weighted by Gasteiger charge is -2.11. The lowest BCUT2D eigenvalue weighted by molar-refractivity contribution is 0.839. The summed E-state index contributed by atoms with van der Waals surface area (Å²) in [6.45, 7) is 6.24. The fourth-order valence-electron chi connectivity index (χ4n) is 1.93. The summed E-state index contributed by atoms with van der Waals surface area (Å²) in [7, 11) is 0. The molecule has 1 heterocycles. The standard InChI is InChI=1S/C15H20N4/c1-4-5-14-18-13(16)9-15(19-14)17-12-8-10(2)6-7-11(12)3/h6-9H,4-5H2,1-3H3,(H3,16,17,18,19). The van der Waals surface area contributed by atoms with Crippen LogP contribution in [0.1, 0.15) is 30.3 Å². The molecule has 0 bridgehead atoms. The highest BCUT2D eigenvalue weighted by atomic mass is 15.1. The first kappa shape index (κ1) is 13.3. The number of nitrogen functional groups attached to an aromatic ring is 1. The molecule has 19 heavy (non-hydrogen) atoms. The van der Waals surface area contributed by atoms with Gasteiger partial charge in [-0.2, -0.15) is 0 Å². The van der Waals surface area contributed by atoms with Crippen LogP contribution >= 0.6 is 0 Å². The Morgan fingerprint density at radius 1 is 1.16 bits per heavy atom. The second-order valence-electron chi connectivity index (χ2n) is 4.79. The topological polar surface area (TPSA) is 63.8 Å². The highest BCUT2D eigenvalue weighted by Crippen LogP contribution is 2.21. The van der Waals surface area contributed by atoms with Crippen LogP contribution in [0.3, 0.4) is 0 Å².